The van der Waals surface area contributed by atoms with Crippen LogP contribution in [0.1, 0.15) is 49.6 Å². The molecule has 0 aliphatic carbocycles. The first-order chi connectivity index (χ1) is 23.9. The summed E-state index contributed by atoms with van der Waals surface area (Å²) in [5.41, 5.74) is 0.447. The van der Waals surface area contributed by atoms with Gasteiger partial charge in [0.15, 0.2) is 5.82 Å². The normalized spacial score (nSPS) is 15.9. The number of amides is 1. The molecule has 258 valence electrons. The zero-order valence-corrected chi connectivity index (χ0v) is 29.0. The van der Waals surface area contributed by atoms with E-state index in [0.29, 0.717) is 40.0 Å². The second kappa shape index (κ2) is 13.0. The monoisotopic (exact) mass is 700 g/mol. The van der Waals surface area contributed by atoms with Gasteiger partial charge in [0.05, 0.1) is 24.2 Å². The number of nitrogens with one attached hydrogen (secondary N) is 1. The zero-order chi connectivity index (χ0) is 35.3. The molecule has 1 N–H and O–H groups in total. The molecule has 15 heteroatoms. The predicted molar refractivity (Wildman–Crippen MR) is 184 cm³/mol. The fourth-order valence-electron chi connectivity index (χ4n) is 6.39. The quantitative estimate of drug-likeness (QED) is 0.198. The van der Waals surface area contributed by atoms with E-state index in [4.69, 9.17) is 24.2 Å². The predicted octanol–water partition coefficient (Wildman–Crippen LogP) is 6.55. The van der Waals surface area contributed by atoms with Crippen molar-refractivity contribution in [2.45, 2.75) is 58.7 Å². The molecule has 1 amide bonds. The van der Waals surface area contributed by atoms with Gasteiger partial charge in [-0.3, -0.25) is 5.32 Å². The van der Waals surface area contributed by atoms with Gasteiger partial charge in [-0.05, 0) is 76.7 Å². The highest BCUT2D eigenvalue weighted by molar-refractivity contribution is 7.23. The molecule has 2 aliphatic rings. The first-order valence-corrected chi connectivity index (χ1v) is 16.8. The standard InChI is InChI=1S/C35H34F2N8O4S/c1-35(2,3)49-34(46)42-32-20(13-38)25-24(50-32)9-8-23(36)28(25)26-21-16-47-17-22(21)27-30(29(26)37)40-33(45-12-10-19(14-45)44(4)5)41-31(27)48-15-18-7-6-11-39-43-18/h6-9,11,19H,10,12,14-17H2,1-5H3,(H,42,46)/t19-/m0/s1. The van der Waals surface area contributed by atoms with Crippen LogP contribution in [0.4, 0.5) is 24.5 Å². The highest BCUT2D eigenvalue weighted by atomic mass is 32.1. The summed E-state index contributed by atoms with van der Waals surface area (Å²) in [6.07, 6.45) is 1.64. The van der Waals surface area contributed by atoms with Crippen molar-refractivity contribution >= 4 is 49.4 Å². The number of carbonyl (C=O) groups is 1. The summed E-state index contributed by atoms with van der Waals surface area (Å²) in [6.45, 7) is 6.47. The molecule has 2 aliphatic heterocycles. The molecule has 1 fully saturated rings. The number of nitrogens with zero attached hydrogens (tertiary/aromatic N) is 7. The number of fused-ring (bicyclic) bond motifs is 4. The maximum atomic E-state index is 17.4. The van der Waals surface area contributed by atoms with Crippen molar-refractivity contribution in [3.8, 4) is 23.1 Å². The van der Waals surface area contributed by atoms with E-state index < -0.39 is 23.3 Å². The van der Waals surface area contributed by atoms with E-state index in [1.54, 1.807) is 39.1 Å². The molecule has 7 rings (SSSR count). The molecule has 0 radical (unpaired) electrons. The first-order valence-electron chi connectivity index (χ1n) is 16.0. The number of nitriles is 1. The Morgan fingerprint density at radius 3 is 2.66 bits per heavy atom. The van der Waals surface area contributed by atoms with E-state index in [1.165, 1.54) is 12.1 Å². The molecule has 0 bridgehead atoms. The number of likely N-dealkylation sites (N-methyl/N-ethyl adjacent to an activating group) is 1. The van der Waals surface area contributed by atoms with Gasteiger partial charge in [-0.1, -0.05) is 0 Å². The molecule has 0 saturated carbocycles. The Labute approximate surface area is 290 Å². The zero-order valence-electron chi connectivity index (χ0n) is 28.1. The van der Waals surface area contributed by atoms with E-state index in [0.717, 1.165) is 17.8 Å². The Kier molecular flexibility index (Phi) is 8.71. The van der Waals surface area contributed by atoms with Crippen LogP contribution in [0.3, 0.4) is 0 Å². The van der Waals surface area contributed by atoms with Crippen molar-refractivity contribution in [1.29, 1.82) is 5.26 Å². The van der Waals surface area contributed by atoms with Gasteiger partial charge < -0.3 is 24.0 Å². The molecule has 50 heavy (non-hydrogen) atoms. The first kappa shape index (κ1) is 33.5. The van der Waals surface area contributed by atoms with Gasteiger partial charge in [0.1, 0.15) is 40.3 Å². The Morgan fingerprint density at radius 1 is 1.16 bits per heavy atom. The van der Waals surface area contributed by atoms with Crippen LogP contribution < -0.4 is 15.0 Å². The molecule has 0 unspecified atom stereocenters. The highest BCUT2D eigenvalue weighted by Gasteiger charge is 2.34. The minimum absolute atomic E-state index is 0.0133. The van der Waals surface area contributed by atoms with Gasteiger partial charge in [-0.15, -0.1) is 11.3 Å². The van der Waals surface area contributed by atoms with Crippen molar-refractivity contribution in [1.82, 2.24) is 25.1 Å². The molecule has 2 aromatic carbocycles. The summed E-state index contributed by atoms with van der Waals surface area (Å²) in [6, 6.07) is 8.57. The van der Waals surface area contributed by atoms with Crippen LogP contribution in [0.15, 0.2) is 30.5 Å². The second-order valence-corrected chi connectivity index (χ2v) is 14.4. The van der Waals surface area contributed by atoms with Gasteiger partial charge in [-0.25, -0.2) is 18.6 Å². The van der Waals surface area contributed by atoms with Gasteiger partial charge in [0.2, 0.25) is 11.8 Å². The average Bonchev–Trinajstić information content (AvgIpc) is 3.83. The minimum atomic E-state index is -0.802. The highest BCUT2D eigenvalue weighted by Crippen LogP contribution is 2.48. The van der Waals surface area contributed by atoms with Crippen molar-refractivity contribution in [3.63, 3.8) is 0 Å². The average molecular weight is 701 g/mol. The second-order valence-electron chi connectivity index (χ2n) is 13.4. The van der Waals surface area contributed by atoms with Gasteiger partial charge in [0, 0.05) is 46.5 Å². The molecular formula is C35H34F2N8O4S. The number of hydrogen-bond acceptors (Lipinski definition) is 12. The summed E-state index contributed by atoms with van der Waals surface area (Å²) in [5.74, 6) is -1.13. The number of aromatic nitrogens is 4. The molecule has 0 spiro atoms. The number of hydrogen-bond donors (Lipinski definition) is 1. The molecule has 1 atom stereocenters. The van der Waals surface area contributed by atoms with E-state index in [1.807, 2.05) is 19.0 Å². The van der Waals surface area contributed by atoms with Gasteiger partial charge >= 0.3 is 6.09 Å². The summed E-state index contributed by atoms with van der Waals surface area (Å²) >= 11 is 1.07. The maximum Gasteiger partial charge on any atom is 0.412 e. The number of benzene rings is 2. The number of halogens is 2. The molecule has 5 aromatic rings. The van der Waals surface area contributed by atoms with Crippen molar-refractivity contribution in [2.24, 2.45) is 0 Å². The van der Waals surface area contributed by atoms with Crippen LogP contribution in [0.25, 0.3) is 32.1 Å². The fraction of sp³-hybridized carbons (Fsp3) is 0.371. The largest absolute Gasteiger partial charge is 0.471 e. The van der Waals surface area contributed by atoms with E-state index in [-0.39, 0.29) is 70.3 Å². The van der Waals surface area contributed by atoms with Crippen molar-refractivity contribution in [3.05, 3.63) is 64.5 Å². The lowest BCUT2D eigenvalue weighted by Crippen LogP contribution is -2.32. The summed E-state index contributed by atoms with van der Waals surface area (Å²) < 4.78 is 51.5. The van der Waals surface area contributed by atoms with E-state index in [9.17, 15) is 10.1 Å². The summed E-state index contributed by atoms with van der Waals surface area (Å²) in [5, 5.41) is 21.6. The van der Waals surface area contributed by atoms with Crippen molar-refractivity contribution in [2.75, 3.05) is 37.4 Å². The summed E-state index contributed by atoms with van der Waals surface area (Å²) in [4.78, 5) is 26.4. The Morgan fingerprint density at radius 2 is 1.96 bits per heavy atom. The number of anilines is 2. The Bertz CT molecular complexity index is 2180. The van der Waals surface area contributed by atoms with E-state index in [2.05, 4.69) is 26.5 Å². The maximum absolute atomic E-state index is 17.4. The number of ether oxygens (including phenoxy) is 3. The smallest absolute Gasteiger partial charge is 0.412 e. The molecular weight excluding hydrogens is 666 g/mol. The van der Waals surface area contributed by atoms with Crippen LogP contribution in [0, 0.1) is 23.0 Å². The third-order valence-electron chi connectivity index (χ3n) is 8.69. The Balaban J connectivity index is 1.44. The number of thiophene rings is 1. The number of rotatable bonds is 7. The van der Waals surface area contributed by atoms with Crippen LogP contribution in [0.5, 0.6) is 5.88 Å². The van der Waals surface area contributed by atoms with Crippen LogP contribution >= 0.6 is 11.3 Å². The third-order valence-corrected chi connectivity index (χ3v) is 9.76. The lowest BCUT2D eigenvalue weighted by Gasteiger charge is -2.22. The van der Waals surface area contributed by atoms with Gasteiger partial charge in [-0.2, -0.15) is 20.4 Å². The third kappa shape index (κ3) is 6.14. The van der Waals surface area contributed by atoms with Crippen molar-refractivity contribution < 1.29 is 27.8 Å². The molecule has 5 heterocycles. The van der Waals surface area contributed by atoms with Crippen LogP contribution in [-0.4, -0.2) is 70.0 Å². The summed E-state index contributed by atoms with van der Waals surface area (Å²) in [7, 11) is 4.01. The lowest BCUT2D eigenvalue weighted by molar-refractivity contribution is 0.0636. The number of carbonyl (C=O) groups excluding carboxylic acids is 1. The van der Waals surface area contributed by atoms with Gasteiger partial charge in [0.25, 0.3) is 0 Å². The topological polar surface area (TPSA) is 139 Å². The molecule has 1 saturated heterocycles. The fourth-order valence-corrected chi connectivity index (χ4v) is 7.44. The Hall–Kier alpha value is -5.04. The lowest BCUT2D eigenvalue weighted by atomic mass is 9.90. The van der Waals surface area contributed by atoms with E-state index >= 15 is 8.78 Å². The van der Waals surface area contributed by atoms with Crippen LogP contribution in [0.2, 0.25) is 0 Å². The van der Waals surface area contributed by atoms with Crippen LogP contribution in [-0.2, 0) is 29.3 Å². The molecule has 3 aromatic heterocycles. The SMILES string of the molecule is CN(C)[C@H]1CCN(c2nc(OCc3cccnn3)c3c4c(c(-c5c(F)ccc6sc(NC(=O)OC(C)(C)C)c(C#N)c56)c(F)c3n2)COC4)C1. The molecule has 12 nitrogen and oxygen atoms in total. The minimum Gasteiger partial charge on any atom is -0.471 e.